The van der Waals surface area contributed by atoms with Gasteiger partial charge in [0.05, 0.1) is 11.9 Å². The summed E-state index contributed by atoms with van der Waals surface area (Å²) in [6.07, 6.45) is 1.89. The van der Waals surface area contributed by atoms with Gasteiger partial charge in [-0.15, -0.1) is 0 Å². The molecule has 2 nitrogen and oxygen atoms in total. The Morgan fingerprint density at radius 3 is 2.17 bits per heavy atom. The fourth-order valence-electron chi connectivity index (χ4n) is 2.08. The number of para-hydroxylation sites is 1. The SMILES string of the molecule is Cc1cc(C)c(C=NNc2ccccc2)c(C)c1. The molecule has 0 radical (unpaired) electrons. The zero-order valence-electron chi connectivity index (χ0n) is 11.1. The van der Waals surface area contributed by atoms with Crippen molar-refractivity contribution in [1.29, 1.82) is 0 Å². The minimum absolute atomic E-state index is 0.996. The van der Waals surface area contributed by atoms with Crippen molar-refractivity contribution in [2.45, 2.75) is 20.8 Å². The molecule has 0 amide bonds. The van der Waals surface area contributed by atoms with E-state index in [0.29, 0.717) is 0 Å². The molecule has 0 fully saturated rings. The lowest BCUT2D eigenvalue weighted by atomic mass is 10.0. The first kappa shape index (κ1) is 12.4. The first-order chi connectivity index (χ1) is 8.66. The lowest BCUT2D eigenvalue weighted by Gasteiger charge is -2.06. The van der Waals surface area contributed by atoms with E-state index >= 15 is 0 Å². The van der Waals surface area contributed by atoms with Crippen molar-refractivity contribution in [3.8, 4) is 0 Å². The highest BCUT2D eigenvalue weighted by Gasteiger charge is 2.00. The summed E-state index contributed by atoms with van der Waals surface area (Å²) in [4.78, 5) is 0. The zero-order chi connectivity index (χ0) is 13.0. The molecule has 0 bridgehead atoms. The van der Waals surface area contributed by atoms with Crippen molar-refractivity contribution in [2.24, 2.45) is 5.10 Å². The van der Waals surface area contributed by atoms with Crippen LogP contribution in [0.25, 0.3) is 0 Å². The minimum Gasteiger partial charge on any atom is -0.279 e. The van der Waals surface area contributed by atoms with Gasteiger partial charge in [0.1, 0.15) is 0 Å². The molecule has 0 aliphatic carbocycles. The van der Waals surface area contributed by atoms with E-state index in [4.69, 9.17) is 0 Å². The van der Waals surface area contributed by atoms with Crippen LogP contribution in [0.5, 0.6) is 0 Å². The normalized spacial score (nSPS) is 10.8. The third kappa shape index (κ3) is 2.98. The maximum atomic E-state index is 4.29. The molecule has 0 aliphatic rings. The number of hydrogen-bond acceptors (Lipinski definition) is 2. The number of nitrogens with zero attached hydrogens (tertiary/aromatic N) is 1. The first-order valence-corrected chi connectivity index (χ1v) is 6.09. The van der Waals surface area contributed by atoms with Crippen LogP contribution >= 0.6 is 0 Å². The zero-order valence-corrected chi connectivity index (χ0v) is 11.1. The average molecular weight is 238 g/mol. The molecule has 2 rings (SSSR count). The lowest BCUT2D eigenvalue weighted by molar-refractivity contribution is 1.29. The summed E-state index contributed by atoms with van der Waals surface area (Å²) in [6.45, 7) is 6.34. The van der Waals surface area contributed by atoms with Gasteiger partial charge in [0, 0.05) is 5.56 Å². The third-order valence-corrected chi connectivity index (χ3v) is 2.90. The maximum Gasteiger partial charge on any atom is 0.0561 e. The van der Waals surface area contributed by atoms with E-state index in [1.807, 2.05) is 36.5 Å². The molecule has 0 atom stereocenters. The Labute approximate surface area is 108 Å². The Kier molecular flexibility index (Phi) is 3.78. The van der Waals surface area contributed by atoms with Crippen LogP contribution in [0.1, 0.15) is 22.3 Å². The number of rotatable bonds is 3. The van der Waals surface area contributed by atoms with E-state index in [1.165, 1.54) is 22.3 Å². The molecule has 0 heterocycles. The summed E-state index contributed by atoms with van der Waals surface area (Å²) in [7, 11) is 0. The maximum absolute atomic E-state index is 4.29. The third-order valence-electron chi connectivity index (χ3n) is 2.90. The summed E-state index contributed by atoms with van der Waals surface area (Å²) in [6, 6.07) is 14.3. The van der Waals surface area contributed by atoms with E-state index in [-0.39, 0.29) is 0 Å². The smallest absolute Gasteiger partial charge is 0.0561 e. The Morgan fingerprint density at radius 1 is 0.944 bits per heavy atom. The molecule has 18 heavy (non-hydrogen) atoms. The van der Waals surface area contributed by atoms with E-state index in [2.05, 4.69) is 43.4 Å². The number of benzene rings is 2. The predicted molar refractivity (Wildman–Crippen MR) is 78.3 cm³/mol. The van der Waals surface area contributed by atoms with Gasteiger partial charge in [0.25, 0.3) is 0 Å². The molecule has 0 saturated heterocycles. The van der Waals surface area contributed by atoms with Crippen LogP contribution in [0.15, 0.2) is 47.6 Å². The van der Waals surface area contributed by atoms with Crippen LogP contribution in [0.2, 0.25) is 0 Å². The summed E-state index contributed by atoms with van der Waals surface area (Å²) in [5, 5.41) is 4.29. The Bertz CT molecular complexity index is 534. The van der Waals surface area contributed by atoms with Gasteiger partial charge in [-0.05, 0) is 44.0 Å². The van der Waals surface area contributed by atoms with Crippen LogP contribution in [0.3, 0.4) is 0 Å². The molecule has 0 spiro atoms. The van der Waals surface area contributed by atoms with Gasteiger partial charge in [0.2, 0.25) is 0 Å². The van der Waals surface area contributed by atoms with Crippen molar-refractivity contribution in [2.75, 3.05) is 5.43 Å². The molecule has 92 valence electrons. The molecule has 0 aliphatic heterocycles. The second-order valence-electron chi connectivity index (χ2n) is 4.55. The highest BCUT2D eigenvalue weighted by atomic mass is 15.3. The van der Waals surface area contributed by atoms with Crippen molar-refractivity contribution in [1.82, 2.24) is 0 Å². The first-order valence-electron chi connectivity index (χ1n) is 6.09. The van der Waals surface area contributed by atoms with Gasteiger partial charge in [-0.1, -0.05) is 35.9 Å². The average Bonchev–Trinajstić information content (AvgIpc) is 2.34. The molecule has 0 aromatic heterocycles. The molecule has 2 heteroatoms. The van der Waals surface area contributed by atoms with E-state index in [9.17, 15) is 0 Å². The highest BCUT2D eigenvalue weighted by Crippen LogP contribution is 2.14. The Hall–Kier alpha value is -2.09. The molecular formula is C16H18N2. The van der Waals surface area contributed by atoms with Crippen molar-refractivity contribution in [3.63, 3.8) is 0 Å². The van der Waals surface area contributed by atoms with E-state index < -0.39 is 0 Å². The number of hydrogen-bond donors (Lipinski definition) is 1. The van der Waals surface area contributed by atoms with Crippen molar-refractivity contribution in [3.05, 3.63) is 64.7 Å². The molecule has 0 saturated carbocycles. The Balaban J connectivity index is 2.15. The van der Waals surface area contributed by atoms with Gasteiger partial charge in [0.15, 0.2) is 0 Å². The van der Waals surface area contributed by atoms with Crippen molar-refractivity contribution >= 4 is 11.9 Å². The van der Waals surface area contributed by atoms with Crippen LogP contribution in [0.4, 0.5) is 5.69 Å². The standard InChI is InChI=1S/C16H18N2/c1-12-9-13(2)16(14(3)10-12)11-17-18-15-7-5-4-6-8-15/h4-11,18H,1-3H3. The highest BCUT2D eigenvalue weighted by molar-refractivity contribution is 5.84. The fraction of sp³-hybridized carbons (Fsp3) is 0.188. The van der Waals surface area contributed by atoms with Crippen LogP contribution < -0.4 is 5.43 Å². The topological polar surface area (TPSA) is 24.4 Å². The number of anilines is 1. The number of nitrogens with one attached hydrogen (secondary N) is 1. The largest absolute Gasteiger partial charge is 0.279 e. The quantitative estimate of drug-likeness (QED) is 0.633. The second-order valence-corrected chi connectivity index (χ2v) is 4.55. The second kappa shape index (κ2) is 5.50. The predicted octanol–water partition coefficient (Wildman–Crippen LogP) is 4.06. The van der Waals surface area contributed by atoms with Crippen molar-refractivity contribution < 1.29 is 0 Å². The van der Waals surface area contributed by atoms with Gasteiger partial charge in [-0.2, -0.15) is 5.10 Å². The van der Waals surface area contributed by atoms with Gasteiger partial charge >= 0.3 is 0 Å². The van der Waals surface area contributed by atoms with Gasteiger partial charge < -0.3 is 0 Å². The van der Waals surface area contributed by atoms with Crippen LogP contribution in [-0.4, -0.2) is 6.21 Å². The van der Waals surface area contributed by atoms with Crippen LogP contribution in [0, 0.1) is 20.8 Å². The molecule has 0 unspecified atom stereocenters. The monoisotopic (exact) mass is 238 g/mol. The van der Waals surface area contributed by atoms with E-state index in [0.717, 1.165) is 5.69 Å². The van der Waals surface area contributed by atoms with Crippen LogP contribution in [-0.2, 0) is 0 Å². The number of aryl methyl sites for hydroxylation is 3. The minimum atomic E-state index is 0.996. The van der Waals surface area contributed by atoms with Gasteiger partial charge in [-0.25, -0.2) is 0 Å². The fourth-order valence-corrected chi connectivity index (χ4v) is 2.08. The number of hydrazone groups is 1. The van der Waals surface area contributed by atoms with E-state index in [1.54, 1.807) is 0 Å². The molecule has 2 aromatic carbocycles. The molecule has 2 aromatic rings. The summed E-state index contributed by atoms with van der Waals surface area (Å²) < 4.78 is 0. The molecular weight excluding hydrogens is 220 g/mol. The lowest BCUT2D eigenvalue weighted by Crippen LogP contribution is -1.96. The summed E-state index contributed by atoms with van der Waals surface area (Å²) in [5.74, 6) is 0. The summed E-state index contributed by atoms with van der Waals surface area (Å²) >= 11 is 0. The summed E-state index contributed by atoms with van der Waals surface area (Å²) in [5.41, 5.74) is 9.01. The van der Waals surface area contributed by atoms with Gasteiger partial charge in [-0.3, -0.25) is 5.43 Å². The Morgan fingerprint density at radius 2 is 1.56 bits per heavy atom. The molecule has 1 N–H and O–H groups in total.